The van der Waals surface area contributed by atoms with Crippen LogP contribution in [-0.4, -0.2) is 16.8 Å². The van der Waals surface area contributed by atoms with Crippen molar-refractivity contribution >= 4 is 12.2 Å². The van der Waals surface area contributed by atoms with Gasteiger partial charge in [0.15, 0.2) is 6.29 Å². The highest BCUT2D eigenvalue weighted by atomic mass is 16.1. The molecule has 0 aliphatic rings. The molecule has 4 nitrogen and oxygen atoms in total. The minimum atomic E-state index is -0.356. The van der Waals surface area contributed by atoms with Crippen LogP contribution in [0.15, 0.2) is 18.3 Å². The third-order valence-electron chi connectivity index (χ3n) is 1.94. The third-order valence-corrected chi connectivity index (χ3v) is 1.94. The van der Waals surface area contributed by atoms with E-state index in [1.54, 1.807) is 29.8 Å². The van der Waals surface area contributed by atoms with E-state index in [-0.39, 0.29) is 11.8 Å². The largest absolute Gasteiger partial charge is 0.369 e. The van der Waals surface area contributed by atoms with Gasteiger partial charge in [0.1, 0.15) is 0 Å². The lowest BCUT2D eigenvalue weighted by Gasteiger charge is -2.09. The number of aldehydes is 1. The molecule has 1 atom stereocenters. The quantitative estimate of drug-likeness (QED) is 0.682. The first-order chi connectivity index (χ1) is 6.15. The first-order valence-electron chi connectivity index (χ1n) is 4.04. The first kappa shape index (κ1) is 9.51. The smallest absolute Gasteiger partial charge is 0.222 e. The van der Waals surface area contributed by atoms with E-state index in [2.05, 4.69) is 0 Å². The van der Waals surface area contributed by atoms with Crippen LogP contribution in [0.4, 0.5) is 0 Å². The molecule has 1 aromatic heterocycles. The van der Waals surface area contributed by atoms with Crippen molar-refractivity contribution in [2.24, 2.45) is 11.7 Å². The summed E-state index contributed by atoms with van der Waals surface area (Å²) >= 11 is 0. The fraction of sp³-hybridized carbons (Fsp3) is 0.333. The molecule has 0 aromatic carbocycles. The maximum absolute atomic E-state index is 10.7. The topological polar surface area (TPSA) is 65.1 Å². The number of rotatable bonds is 4. The van der Waals surface area contributed by atoms with Gasteiger partial charge in [0, 0.05) is 12.7 Å². The van der Waals surface area contributed by atoms with E-state index in [9.17, 15) is 9.59 Å². The summed E-state index contributed by atoms with van der Waals surface area (Å²) in [5.74, 6) is -0.614. The Labute approximate surface area is 76.3 Å². The van der Waals surface area contributed by atoms with E-state index in [1.807, 2.05) is 0 Å². The molecule has 0 saturated heterocycles. The Morgan fingerprint density at radius 2 is 2.46 bits per heavy atom. The number of nitrogens with two attached hydrogens (primary N) is 1. The summed E-state index contributed by atoms with van der Waals surface area (Å²) < 4.78 is 1.71. The number of carbonyl (C=O) groups excluding carboxylic acids is 2. The van der Waals surface area contributed by atoms with Crippen molar-refractivity contribution in [1.29, 1.82) is 0 Å². The first-order valence-corrected chi connectivity index (χ1v) is 4.04. The maximum atomic E-state index is 10.7. The van der Waals surface area contributed by atoms with Crippen molar-refractivity contribution in [3.8, 4) is 0 Å². The molecule has 70 valence electrons. The number of hydrogen-bond donors (Lipinski definition) is 1. The molecular formula is C9H12N2O2. The van der Waals surface area contributed by atoms with Crippen LogP contribution >= 0.6 is 0 Å². The molecule has 0 saturated carbocycles. The third kappa shape index (κ3) is 2.18. The fourth-order valence-electron chi connectivity index (χ4n) is 1.09. The van der Waals surface area contributed by atoms with Gasteiger partial charge in [0.25, 0.3) is 0 Å². The van der Waals surface area contributed by atoms with Crippen molar-refractivity contribution in [2.45, 2.75) is 13.5 Å². The molecule has 0 bridgehead atoms. The zero-order chi connectivity index (χ0) is 9.84. The highest BCUT2D eigenvalue weighted by molar-refractivity contribution is 5.76. The van der Waals surface area contributed by atoms with Gasteiger partial charge in [-0.1, -0.05) is 6.92 Å². The molecule has 1 heterocycles. The van der Waals surface area contributed by atoms with Crippen molar-refractivity contribution < 1.29 is 9.59 Å². The van der Waals surface area contributed by atoms with Gasteiger partial charge in [-0.05, 0) is 12.1 Å². The lowest BCUT2D eigenvalue weighted by Crippen LogP contribution is -2.25. The van der Waals surface area contributed by atoms with E-state index in [4.69, 9.17) is 5.73 Å². The van der Waals surface area contributed by atoms with Gasteiger partial charge < -0.3 is 10.3 Å². The van der Waals surface area contributed by atoms with Crippen molar-refractivity contribution in [3.05, 3.63) is 24.0 Å². The van der Waals surface area contributed by atoms with Crippen molar-refractivity contribution in [2.75, 3.05) is 0 Å². The SMILES string of the molecule is CC(Cn1cccc1C=O)C(N)=O. The monoisotopic (exact) mass is 180 g/mol. The van der Waals surface area contributed by atoms with E-state index in [0.717, 1.165) is 6.29 Å². The molecule has 0 fully saturated rings. The summed E-state index contributed by atoms with van der Waals surface area (Å²) in [5, 5.41) is 0. The van der Waals surface area contributed by atoms with Crippen molar-refractivity contribution in [3.63, 3.8) is 0 Å². The second-order valence-electron chi connectivity index (χ2n) is 3.01. The minimum absolute atomic E-state index is 0.258. The highest BCUT2D eigenvalue weighted by Gasteiger charge is 2.10. The zero-order valence-electron chi connectivity index (χ0n) is 7.43. The highest BCUT2D eigenvalue weighted by Crippen LogP contribution is 2.04. The van der Waals surface area contributed by atoms with Gasteiger partial charge in [0.2, 0.25) is 5.91 Å². The summed E-state index contributed by atoms with van der Waals surface area (Å²) in [6, 6.07) is 3.46. The standard InChI is InChI=1S/C9H12N2O2/c1-7(9(10)13)5-11-4-2-3-8(11)6-12/h2-4,6-7H,5H2,1H3,(H2,10,13). The molecule has 4 heteroatoms. The van der Waals surface area contributed by atoms with Crippen LogP contribution in [0.5, 0.6) is 0 Å². The summed E-state index contributed by atoms with van der Waals surface area (Å²) in [5.41, 5.74) is 5.67. The Morgan fingerprint density at radius 3 is 3.00 bits per heavy atom. The molecular weight excluding hydrogens is 168 g/mol. The Kier molecular flexibility index (Phi) is 2.84. The summed E-state index contributed by atoms with van der Waals surface area (Å²) in [6.07, 6.45) is 2.51. The van der Waals surface area contributed by atoms with Gasteiger partial charge in [0.05, 0.1) is 11.6 Å². The van der Waals surface area contributed by atoms with E-state index in [1.165, 1.54) is 0 Å². The Morgan fingerprint density at radius 1 is 1.77 bits per heavy atom. The van der Waals surface area contributed by atoms with Crippen LogP contribution in [0.3, 0.4) is 0 Å². The molecule has 1 aromatic rings. The van der Waals surface area contributed by atoms with E-state index in [0.29, 0.717) is 12.2 Å². The lowest BCUT2D eigenvalue weighted by atomic mass is 10.2. The average Bonchev–Trinajstić information content (AvgIpc) is 2.51. The average molecular weight is 180 g/mol. The number of carbonyl (C=O) groups is 2. The van der Waals surface area contributed by atoms with E-state index >= 15 is 0 Å². The maximum Gasteiger partial charge on any atom is 0.222 e. The second kappa shape index (κ2) is 3.89. The molecule has 1 amide bonds. The van der Waals surface area contributed by atoms with Gasteiger partial charge in [-0.3, -0.25) is 9.59 Å². The Balaban J connectivity index is 2.73. The summed E-state index contributed by atoms with van der Waals surface area (Å²) in [4.78, 5) is 21.2. The second-order valence-corrected chi connectivity index (χ2v) is 3.01. The Hall–Kier alpha value is -1.58. The normalized spacial score (nSPS) is 12.4. The van der Waals surface area contributed by atoms with Crippen LogP contribution in [0, 0.1) is 5.92 Å². The van der Waals surface area contributed by atoms with Gasteiger partial charge >= 0.3 is 0 Å². The van der Waals surface area contributed by atoms with Gasteiger partial charge in [-0.25, -0.2) is 0 Å². The van der Waals surface area contributed by atoms with E-state index < -0.39 is 0 Å². The summed E-state index contributed by atoms with van der Waals surface area (Å²) in [7, 11) is 0. The van der Waals surface area contributed by atoms with Crippen LogP contribution in [0.1, 0.15) is 17.4 Å². The van der Waals surface area contributed by atoms with Crippen LogP contribution in [0.25, 0.3) is 0 Å². The fourth-order valence-corrected chi connectivity index (χ4v) is 1.09. The predicted molar refractivity (Wildman–Crippen MR) is 48.2 cm³/mol. The van der Waals surface area contributed by atoms with Gasteiger partial charge in [-0.15, -0.1) is 0 Å². The molecule has 13 heavy (non-hydrogen) atoms. The van der Waals surface area contributed by atoms with Crippen LogP contribution in [0.2, 0.25) is 0 Å². The molecule has 2 N–H and O–H groups in total. The minimum Gasteiger partial charge on any atom is -0.369 e. The molecule has 0 spiro atoms. The summed E-state index contributed by atoms with van der Waals surface area (Å²) in [6.45, 7) is 2.19. The molecule has 0 aliphatic heterocycles. The lowest BCUT2D eigenvalue weighted by molar-refractivity contribution is -0.121. The molecule has 1 rings (SSSR count). The molecule has 1 unspecified atom stereocenters. The number of nitrogens with zero attached hydrogens (tertiary/aromatic N) is 1. The van der Waals surface area contributed by atoms with Crippen molar-refractivity contribution in [1.82, 2.24) is 4.57 Å². The van der Waals surface area contributed by atoms with Crippen LogP contribution < -0.4 is 5.73 Å². The Bertz CT molecular complexity index is 317. The van der Waals surface area contributed by atoms with Crippen LogP contribution in [-0.2, 0) is 11.3 Å². The molecule has 0 aliphatic carbocycles. The number of aromatic nitrogens is 1. The number of amides is 1. The number of primary amides is 1. The zero-order valence-corrected chi connectivity index (χ0v) is 7.43. The van der Waals surface area contributed by atoms with Gasteiger partial charge in [-0.2, -0.15) is 0 Å². The molecule has 0 radical (unpaired) electrons. The number of hydrogen-bond acceptors (Lipinski definition) is 2. The predicted octanol–water partition coefficient (Wildman–Crippen LogP) is 0.422.